The number of nitrogens with zero attached hydrogens (tertiary/aromatic N) is 2. The average Bonchev–Trinajstić information content (AvgIpc) is 2.74. The lowest BCUT2D eigenvalue weighted by atomic mass is 10.1. The van der Waals surface area contributed by atoms with Gasteiger partial charge in [0.2, 0.25) is 21.7 Å². The maximum atomic E-state index is 13.9. The van der Waals surface area contributed by atoms with E-state index in [2.05, 4.69) is 5.32 Å². The summed E-state index contributed by atoms with van der Waals surface area (Å²) in [5.41, 5.74) is -0.955. The highest BCUT2D eigenvalue weighted by atomic mass is 32.2. The molecule has 0 atom stereocenters. The Hall–Kier alpha value is -2.73. The number of sulfonamides is 1. The molecular formula is C20H22F5N3O3S. The van der Waals surface area contributed by atoms with Gasteiger partial charge in [0.15, 0.2) is 23.3 Å². The molecule has 0 saturated carbocycles. The van der Waals surface area contributed by atoms with Crippen LogP contribution in [0.2, 0.25) is 0 Å². The Morgan fingerprint density at radius 1 is 0.906 bits per heavy atom. The minimum atomic E-state index is -3.89. The SMILES string of the molecule is CCN(CC)S(=O)(=O)c1ccc(N(C)C)c(NC(=O)Cc2c(F)c(F)c(F)c(F)c2F)c1. The minimum Gasteiger partial charge on any atom is -0.376 e. The topological polar surface area (TPSA) is 69.7 Å². The monoisotopic (exact) mass is 479 g/mol. The van der Waals surface area contributed by atoms with Crippen molar-refractivity contribution in [2.24, 2.45) is 0 Å². The van der Waals surface area contributed by atoms with Crippen molar-refractivity contribution in [2.45, 2.75) is 25.2 Å². The molecule has 32 heavy (non-hydrogen) atoms. The summed E-state index contributed by atoms with van der Waals surface area (Å²) >= 11 is 0. The zero-order valence-corrected chi connectivity index (χ0v) is 18.6. The number of benzene rings is 2. The highest BCUT2D eigenvalue weighted by molar-refractivity contribution is 7.89. The van der Waals surface area contributed by atoms with Crippen LogP contribution >= 0.6 is 0 Å². The van der Waals surface area contributed by atoms with Gasteiger partial charge >= 0.3 is 0 Å². The van der Waals surface area contributed by atoms with Crippen LogP contribution in [0.4, 0.5) is 33.3 Å². The van der Waals surface area contributed by atoms with E-state index in [1.54, 1.807) is 32.8 Å². The van der Waals surface area contributed by atoms with Crippen molar-refractivity contribution >= 4 is 27.3 Å². The van der Waals surface area contributed by atoms with E-state index in [4.69, 9.17) is 0 Å². The highest BCUT2D eigenvalue weighted by Crippen LogP contribution is 2.30. The summed E-state index contributed by atoms with van der Waals surface area (Å²) in [7, 11) is -0.678. The van der Waals surface area contributed by atoms with E-state index < -0.39 is 57.0 Å². The van der Waals surface area contributed by atoms with Crippen LogP contribution in [0, 0.1) is 29.1 Å². The van der Waals surface area contributed by atoms with Crippen molar-refractivity contribution in [3.63, 3.8) is 0 Å². The summed E-state index contributed by atoms with van der Waals surface area (Å²) in [5.74, 6) is -12.0. The van der Waals surface area contributed by atoms with Gasteiger partial charge < -0.3 is 10.2 Å². The summed E-state index contributed by atoms with van der Waals surface area (Å²) in [4.78, 5) is 13.8. The highest BCUT2D eigenvalue weighted by Gasteiger charge is 2.28. The van der Waals surface area contributed by atoms with Gasteiger partial charge in [-0.3, -0.25) is 4.79 Å². The predicted molar refractivity (Wildman–Crippen MR) is 109 cm³/mol. The van der Waals surface area contributed by atoms with Gasteiger partial charge in [-0.1, -0.05) is 13.8 Å². The molecule has 6 nitrogen and oxygen atoms in total. The van der Waals surface area contributed by atoms with Crippen LogP contribution in [-0.2, 0) is 21.2 Å². The first-order valence-electron chi connectivity index (χ1n) is 9.48. The fraction of sp³-hybridized carbons (Fsp3) is 0.350. The van der Waals surface area contributed by atoms with Crippen molar-refractivity contribution < 1.29 is 35.2 Å². The second-order valence-electron chi connectivity index (χ2n) is 6.94. The van der Waals surface area contributed by atoms with Gasteiger partial charge in [0, 0.05) is 32.7 Å². The Morgan fingerprint density at radius 3 is 1.88 bits per heavy atom. The number of hydrogen-bond acceptors (Lipinski definition) is 4. The molecule has 0 spiro atoms. The van der Waals surface area contributed by atoms with Gasteiger partial charge in [-0.15, -0.1) is 0 Å². The number of anilines is 2. The Kier molecular flexibility index (Phi) is 7.83. The Morgan fingerprint density at radius 2 is 1.41 bits per heavy atom. The number of amides is 1. The number of rotatable bonds is 8. The molecule has 2 rings (SSSR count). The molecule has 2 aromatic rings. The fourth-order valence-corrected chi connectivity index (χ4v) is 4.52. The first-order valence-corrected chi connectivity index (χ1v) is 10.9. The van der Waals surface area contributed by atoms with Gasteiger partial charge in [0.05, 0.1) is 22.7 Å². The van der Waals surface area contributed by atoms with E-state index in [0.717, 1.165) is 0 Å². The second-order valence-corrected chi connectivity index (χ2v) is 8.87. The normalized spacial score (nSPS) is 11.7. The van der Waals surface area contributed by atoms with E-state index in [1.807, 2.05) is 0 Å². The summed E-state index contributed by atoms with van der Waals surface area (Å²) in [5, 5.41) is 2.30. The molecule has 0 saturated heterocycles. The first kappa shape index (κ1) is 25.5. The molecule has 0 heterocycles. The van der Waals surface area contributed by atoms with Gasteiger partial charge in [-0.25, -0.2) is 30.4 Å². The summed E-state index contributed by atoms with van der Waals surface area (Å²) in [6.45, 7) is 3.72. The molecular weight excluding hydrogens is 457 g/mol. The smallest absolute Gasteiger partial charge is 0.243 e. The molecule has 0 fully saturated rings. The third-order valence-corrected chi connectivity index (χ3v) is 6.75. The zero-order chi connectivity index (χ0) is 24.4. The summed E-state index contributed by atoms with van der Waals surface area (Å²) < 4.78 is 94.6. The average molecular weight is 479 g/mol. The first-order chi connectivity index (χ1) is 14.9. The van der Waals surface area contributed by atoms with Crippen molar-refractivity contribution in [2.75, 3.05) is 37.4 Å². The lowest BCUT2D eigenvalue weighted by Crippen LogP contribution is -2.30. The van der Waals surface area contributed by atoms with Crippen LogP contribution in [0.15, 0.2) is 23.1 Å². The van der Waals surface area contributed by atoms with Crippen molar-refractivity contribution in [3.05, 3.63) is 52.8 Å². The number of carbonyl (C=O) groups is 1. The van der Waals surface area contributed by atoms with Crippen LogP contribution in [0.3, 0.4) is 0 Å². The number of carbonyl (C=O) groups excluding carboxylic acids is 1. The van der Waals surface area contributed by atoms with Crippen LogP contribution in [0.5, 0.6) is 0 Å². The minimum absolute atomic E-state index is 0.0166. The molecule has 0 unspecified atom stereocenters. The number of hydrogen-bond donors (Lipinski definition) is 1. The largest absolute Gasteiger partial charge is 0.376 e. The van der Waals surface area contributed by atoms with Crippen LogP contribution in [-0.4, -0.2) is 45.8 Å². The molecule has 0 radical (unpaired) electrons. The van der Waals surface area contributed by atoms with E-state index in [0.29, 0.717) is 5.69 Å². The van der Waals surface area contributed by atoms with Crippen molar-refractivity contribution in [1.29, 1.82) is 0 Å². The number of nitrogens with one attached hydrogen (secondary N) is 1. The quantitative estimate of drug-likeness (QED) is 0.357. The molecule has 176 valence electrons. The van der Waals surface area contributed by atoms with Gasteiger partial charge in [0.1, 0.15) is 0 Å². The molecule has 0 aromatic heterocycles. The summed E-state index contributed by atoms with van der Waals surface area (Å²) in [6.07, 6.45) is -1.16. The van der Waals surface area contributed by atoms with E-state index in [9.17, 15) is 35.2 Å². The Bertz CT molecular complexity index is 1110. The van der Waals surface area contributed by atoms with Crippen molar-refractivity contribution in [1.82, 2.24) is 4.31 Å². The fourth-order valence-electron chi connectivity index (χ4n) is 3.04. The standard InChI is InChI=1S/C20H22F5N3O3S/c1-5-28(6-2)32(30,31)11-7-8-14(27(3)4)13(9-11)26-15(29)10-12-16(21)18(23)20(25)19(24)17(12)22/h7-9H,5-6,10H2,1-4H3,(H,26,29). The van der Waals surface area contributed by atoms with Gasteiger partial charge in [-0.05, 0) is 18.2 Å². The van der Waals surface area contributed by atoms with Crippen molar-refractivity contribution in [3.8, 4) is 0 Å². The van der Waals surface area contributed by atoms with E-state index >= 15 is 0 Å². The Balaban J connectivity index is 2.45. The zero-order valence-electron chi connectivity index (χ0n) is 17.8. The second kappa shape index (κ2) is 9.82. The van der Waals surface area contributed by atoms with Gasteiger partial charge in [0.25, 0.3) is 0 Å². The summed E-state index contributed by atoms with van der Waals surface area (Å²) in [6, 6.07) is 3.92. The molecule has 1 amide bonds. The number of halogens is 5. The molecule has 1 N–H and O–H groups in total. The third kappa shape index (κ3) is 4.85. The molecule has 0 aliphatic rings. The molecule has 12 heteroatoms. The molecule has 0 aliphatic heterocycles. The third-order valence-electron chi connectivity index (χ3n) is 4.71. The van der Waals surface area contributed by atoms with Crippen LogP contribution in [0.1, 0.15) is 19.4 Å². The lowest BCUT2D eigenvalue weighted by molar-refractivity contribution is -0.115. The van der Waals surface area contributed by atoms with E-state index in [1.165, 1.54) is 22.5 Å². The molecule has 2 aromatic carbocycles. The maximum Gasteiger partial charge on any atom is 0.243 e. The predicted octanol–water partition coefficient (Wildman–Crippen LogP) is 3.66. The van der Waals surface area contributed by atoms with Gasteiger partial charge in [-0.2, -0.15) is 4.31 Å². The van der Waals surface area contributed by atoms with Crippen LogP contribution in [0.25, 0.3) is 0 Å². The maximum absolute atomic E-state index is 13.9. The Labute approximate surface area is 182 Å². The van der Waals surface area contributed by atoms with E-state index in [-0.39, 0.29) is 23.7 Å². The van der Waals surface area contributed by atoms with Crippen LogP contribution < -0.4 is 10.2 Å². The molecule has 0 bridgehead atoms. The lowest BCUT2D eigenvalue weighted by Gasteiger charge is -2.22. The molecule has 0 aliphatic carbocycles.